The third-order valence-electron chi connectivity index (χ3n) is 3.43. The summed E-state index contributed by atoms with van der Waals surface area (Å²) >= 11 is 0. The van der Waals surface area contributed by atoms with E-state index in [1.807, 2.05) is 0 Å². The lowest BCUT2D eigenvalue weighted by molar-refractivity contribution is -0.122. The first-order valence-corrected chi connectivity index (χ1v) is 6.16. The van der Waals surface area contributed by atoms with Gasteiger partial charge in [-0.1, -0.05) is 6.07 Å². The number of likely N-dealkylation sites (tertiary alicyclic amines) is 1. The van der Waals surface area contributed by atoms with Gasteiger partial charge in [-0.25, -0.2) is 8.78 Å². The van der Waals surface area contributed by atoms with E-state index in [9.17, 15) is 18.7 Å². The molecule has 104 valence electrons. The molecule has 0 aliphatic carbocycles. The minimum absolute atomic E-state index is 0.00847. The maximum atomic E-state index is 13.5. The van der Waals surface area contributed by atoms with Gasteiger partial charge in [0.25, 0.3) is 0 Å². The van der Waals surface area contributed by atoms with Crippen molar-refractivity contribution in [3.05, 3.63) is 35.4 Å². The molecule has 1 amide bonds. The Balaban J connectivity index is 2.13. The van der Waals surface area contributed by atoms with E-state index in [0.29, 0.717) is 13.0 Å². The van der Waals surface area contributed by atoms with Crippen LogP contribution in [0.15, 0.2) is 18.2 Å². The molecule has 1 heterocycles. The molecule has 2 unspecified atom stereocenters. The fourth-order valence-electron chi connectivity index (χ4n) is 2.51. The van der Waals surface area contributed by atoms with Crippen LogP contribution in [-0.4, -0.2) is 35.0 Å². The number of amides is 1. The minimum atomic E-state index is -1.32. The Morgan fingerprint density at radius 2 is 2.11 bits per heavy atom. The Kier molecular flexibility index (Phi) is 4.11. The molecule has 19 heavy (non-hydrogen) atoms. The van der Waals surface area contributed by atoms with E-state index in [4.69, 9.17) is 5.73 Å². The zero-order valence-electron chi connectivity index (χ0n) is 10.4. The molecule has 0 spiro atoms. The Bertz CT molecular complexity index is 461. The van der Waals surface area contributed by atoms with Crippen molar-refractivity contribution in [2.24, 2.45) is 5.73 Å². The third-order valence-corrected chi connectivity index (χ3v) is 3.43. The van der Waals surface area contributed by atoms with Crippen LogP contribution in [0.2, 0.25) is 0 Å². The van der Waals surface area contributed by atoms with Crippen LogP contribution >= 0.6 is 0 Å². The Labute approximate surface area is 109 Å². The summed E-state index contributed by atoms with van der Waals surface area (Å²) in [4.78, 5) is 12.9. The van der Waals surface area contributed by atoms with Crippen LogP contribution in [-0.2, 0) is 4.79 Å². The lowest BCUT2D eigenvalue weighted by Crippen LogP contribution is -2.42. The largest absolute Gasteiger partial charge is 0.387 e. The summed E-state index contributed by atoms with van der Waals surface area (Å²) in [7, 11) is 0. The molecule has 1 saturated heterocycles. The van der Waals surface area contributed by atoms with Gasteiger partial charge in [0.05, 0.1) is 17.7 Å². The molecule has 3 N–H and O–H groups in total. The second kappa shape index (κ2) is 5.63. The van der Waals surface area contributed by atoms with Crippen LogP contribution in [0, 0.1) is 11.6 Å². The monoisotopic (exact) mass is 270 g/mol. The second-order valence-electron chi connectivity index (χ2n) is 4.71. The van der Waals surface area contributed by atoms with Crippen LogP contribution in [0.5, 0.6) is 0 Å². The number of primary amides is 1. The molecular weight excluding hydrogens is 254 g/mol. The van der Waals surface area contributed by atoms with E-state index in [0.717, 1.165) is 18.6 Å². The number of aliphatic hydroxyl groups excluding tert-OH is 1. The van der Waals surface area contributed by atoms with Gasteiger partial charge in [0.1, 0.15) is 11.6 Å². The smallest absolute Gasteiger partial charge is 0.234 e. The summed E-state index contributed by atoms with van der Waals surface area (Å²) in [5.74, 6) is -2.05. The molecule has 6 heteroatoms. The topological polar surface area (TPSA) is 66.6 Å². The fourth-order valence-corrected chi connectivity index (χ4v) is 2.51. The summed E-state index contributed by atoms with van der Waals surface area (Å²) in [6.07, 6.45) is 0.0724. The molecule has 1 aliphatic heterocycles. The number of halogens is 2. The molecule has 0 radical (unpaired) electrons. The van der Waals surface area contributed by atoms with Gasteiger partial charge in [-0.15, -0.1) is 0 Å². The van der Waals surface area contributed by atoms with Crippen LogP contribution < -0.4 is 5.73 Å². The molecular formula is C13H16F2N2O2. The average molecular weight is 270 g/mol. The van der Waals surface area contributed by atoms with Gasteiger partial charge in [0.2, 0.25) is 5.91 Å². The van der Waals surface area contributed by atoms with Gasteiger partial charge in [-0.2, -0.15) is 0 Å². The molecule has 2 rings (SSSR count). The summed E-state index contributed by atoms with van der Waals surface area (Å²) in [6, 6.07) is 2.96. The second-order valence-corrected chi connectivity index (χ2v) is 4.71. The summed E-state index contributed by atoms with van der Waals surface area (Å²) < 4.78 is 27.0. The Hall–Kier alpha value is -1.53. The maximum absolute atomic E-state index is 13.5. The highest BCUT2D eigenvalue weighted by atomic mass is 19.1. The van der Waals surface area contributed by atoms with E-state index < -0.39 is 29.7 Å². The van der Waals surface area contributed by atoms with Gasteiger partial charge in [-0.3, -0.25) is 9.69 Å². The van der Waals surface area contributed by atoms with Crippen molar-refractivity contribution in [1.82, 2.24) is 4.90 Å². The first-order valence-electron chi connectivity index (χ1n) is 6.16. The summed E-state index contributed by atoms with van der Waals surface area (Å²) in [5.41, 5.74) is 4.89. The number of nitrogens with two attached hydrogens (primary N) is 1. The number of hydrogen-bond donors (Lipinski definition) is 2. The van der Waals surface area contributed by atoms with Crippen molar-refractivity contribution in [1.29, 1.82) is 0 Å². The van der Waals surface area contributed by atoms with E-state index in [2.05, 4.69) is 0 Å². The minimum Gasteiger partial charge on any atom is -0.387 e. The van der Waals surface area contributed by atoms with Crippen LogP contribution in [0.4, 0.5) is 8.78 Å². The van der Waals surface area contributed by atoms with Crippen LogP contribution in [0.25, 0.3) is 0 Å². The number of β-amino-alcohol motifs (C(OH)–C–C–N with tert-alkyl or cyclic N) is 1. The van der Waals surface area contributed by atoms with Gasteiger partial charge in [0, 0.05) is 6.54 Å². The molecule has 1 aliphatic rings. The Morgan fingerprint density at radius 1 is 1.47 bits per heavy atom. The van der Waals surface area contributed by atoms with Gasteiger partial charge in [-0.05, 0) is 31.5 Å². The first kappa shape index (κ1) is 13.9. The normalized spacial score (nSPS) is 21.5. The number of benzene rings is 1. The average Bonchev–Trinajstić information content (AvgIpc) is 2.76. The van der Waals surface area contributed by atoms with E-state index in [1.54, 1.807) is 4.90 Å². The molecule has 2 atom stereocenters. The number of hydrogen-bond acceptors (Lipinski definition) is 3. The summed E-state index contributed by atoms with van der Waals surface area (Å²) in [5, 5.41) is 9.97. The lowest BCUT2D eigenvalue weighted by Gasteiger charge is -2.25. The van der Waals surface area contributed by atoms with Crippen LogP contribution in [0.1, 0.15) is 24.5 Å². The molecule has 0 bridgehead atoms. The number of carbonyl (C=O) groups is 1. The standard InChI is InChI=1S/C13H16F2N2O2/c14-8-3-1-4-9(15)12(8)11(18)7-17-6-2-5-10(17)13(16)19/h1,3-4,10-11,18H,2,5-7H2,(H2,16,19). The number of carbonyl (C=O) groups excluding carboxylic acids is 1. The molecule has 0 aromatic heterocycles. The predicted molar refractivity (Wildman–Crippen MR) is 65.1 cm³/mol. The van der Waals surface area contributed by atoms with Gasteiger partial charge < -0.3 is 10.8 Å². The summed E-state index contributed by atoms with van der Waals surface area (Å²) in [6.45, 7) is 0.576. The highest BCUT2D eigenvalue weighted by Crippen LogP contribution is 2.25. The lowest BCUT2D eigenvalue weighted by atomic mass is 10.1. The van der Waals surface area contributed by atoms with Gasteiger partial charge in [0.15, 0.2) is 0 Å². The number of aliphatic hydroxyl groups is 1. The maximum Gasteiger partial charge on any atom is 0.234 e. The van der Waals surface area contributed by atoms with Crippen molar-refractivity contribution in [3.8, 4) is 0 Å². The van der Waals surface area contributed by atoms with E-state index >= 15 is 0 Å². The van der Waals surface area contributed by atoms with Crippen molar-refractivity contribution < 1.29 is 18.7 Å². The van der Waals surface area contributed by atoms with Crippen molar-refractivity contribution in [2.45, 2.75) is 25.0 Å². The zero-order chi connectivity index (χ0) is 14.0. The Morgan fingerprint density at radius 3 is 2.68 bits per heavy atom. The SMILES string of the molecule is NC(=O)C1CCCN1CC(O)c1c(F)cccc1F. The third kappa shape index (κ3) is 2.90. The molecule has 0 saturated carbocycles. The highest BCUT2D eigenvalue weighted by Gasteiger charge is 2.31. The van der Waals surface area contributed by atoms with Crippen molar-refractivity contribution in [3.63, 3.8) is 0 Å². The van der Waals surface area contributed by atoms with E-state index in [1.165, 1.54) is 6.07 Å². The van der Waals surface area contributed by atoms with Crippen LogP contribution in [0.3, 0.4) is 0 Å². The van der Waals surface area contributed by atoms with E-state index in [-0.39, 0.29) is 12.1 Å². The number of rotatable bonds is 4. The van der Waals surface area contributed by atoms with Crippen molar-refractivity contribution in [2.75, 3.05) is 13.1 Å². The zero-order valence-corrected chi connectivity index (χ0v) is 10.4. The molecule has 1 aromatic rings. The predicted octanol–water partition coefficient (Wildman–Crippen LogP) is 0.948. The first-order chi connectivity index (χ1) is 9.00. The fraction of sp³-hybridized carbons (Fsp3) is 0.462. The number of nitrogens with zero attached hydrogens (tertiary/aromatic N) is 1. The van der Waals surface area contributed by atoms with Gasteiger partial charge >= 0.3 is 0 Å². The molecule has 1 aromatic carbocycles. The highest BCUT2D eigenvalue weighted by molar-refractivity contribution is 5.80. The molecule has 1 fully saturated rings. The quantitative estimate of drug-likeness (QED) is 0.856. The van der Waals surface area contributed by atoms with Crippen molar-refractivity contribution >= 4 is 5.91 Å². The molecule has 4 nitrogen and oxygen atoms in total.